The van der Waals surface area contributed by atoms with Crippen molar-refractivity contribution >= 4 is 5.91 Å². The molecule has 0 aromatic rings. The second kappa shape index (κ2) is 8.48. The van der Waals surface area contributed by atoms with Gasteiger partial charge in [0.2, 0.25) is 5.91 Å². The van der Waals surface area contributed by atoms with Gasteiger partial charge >= 0.3 is 0 Å². The summed E-state index contributed by atoms with van der Waals surface area (Å²) in [5.74, 6) is 1.64. The van der Waals surface area contributed by atoms with Gasteiger partial charge in [-0.1, -0.05) is 26.7 Å². The molecule has 1 aliphatic rings. The molecule has 1 rings (SSSR count). The summed E-state index contributed by atoms with van der Waals surface area (Å²) in [4.78, 5) is 11.5. The summed E-state index contributed by atoms with van der Waals surface area (Å²) in [6.45, 7) is 6.19. The van der Waals surface area contributed by atoms with Crippen LogP contribution >= 0.6 is 0 Å². The van der Waals surface area contributed by atoms with Gasteiger partial charge in [0.1, 0.15) is 0 Å². The lowest BCUT2D eigenvalue weighted by molar-refractivity contribution is -0.120. The maximum absolute atomic E-state index is 11.5. The topological polar surface area (TPSA) is 50.4 Å². The molecule has 0 spiro atoms. The molecule has 2 atom stereocenters. The summed E-state index contributed by atoms with van der Waals surface area (Å²) < 4.78 is 4.89. The quantitative estimate of drug-likeness (QED) is 0.680. The average Bonchev–Trinajstić information content (AvgIpc) is 2.37. The fraction of sp³-hybridized carbons (Fsp3) is 0.929. The zero-order chi connectivity index (χ0) is 13.4. The van der Waals surface area contributed by atoms with Crippen LogP contribution in [-0.2, 0) is 9.53 Å². The molecule has 0 aromatic heterocycles. The van der Waals surface area contributed by atoms with Crippen LogP contribution in [0, 0.1) is 11.8 Å². The molecule has 0 aromatic carbocycles. The maximum atomic E-state index is 11.5. The second-order valence-electron chi connectivity index (χ2n) is 5.59. The Morgan fingerprint density at radius 3 is 2.83 bits per heavy atom. The highest BCUT2D eigenvalue weighted by atomic mass is 16.5. The Labute approximate surface area is 111 Å². The largest absolute Gasteiger partial charge is 0.383 e. The summed E-state index contributed by atoms with van der Waals surface area (Å²) in [5, 5.41) is 6.21. The zero-order valence-corrected chi connectivity index (χ0v) is 12.0. The van der Waals surface area contributed by atoms with Crippen LogP contribution in [0.5, 0.6) is 0 Å². The van der Waals surface area contributed by atoms with E-state index in [4.69, 9.17) is 4.74 Å². The summed E-state index contributed by atoms with van der Waals surface area (Å²) in [6, 6.07) is 0.513. The molecule has 0 radical (unpaired) electrons. The Hall–Kier alpha value is -0.610. The van der Waals surface area contributed by atoms with Crippen LogP contribution in [0.3, 0.4) is 0 Å². The Bertz CT molecular complexity index is 244. The van der Waals surface area contributed by atoms with Crippen LogP contribution in [0.2, 0.25) is 0 Å². The first-order valence-corrected chi connectivity index (χ1v) is 7.12. The first-order valence-electron chi connectivity index (χ1n) is 7.12. The predicted octanol–water partition coefficient (Wildman–Crippen LogP) is 1.55. The van der Waals surface area contributed by atoms with Gasteiger partial charge in [-0.15, -0.1) is 0 Å². The van der Waals surface area contributed by atoms with Gasteiger partial charge in [0.15, 0.2) is 0 Å². The predicted molar refractivity (Wildman–Crippen MR) is 73.5 cm³/mol. The van der Waals surface area contributed by atoms with Gasteiger partial charge in [-0.25, -0.2) is 0 Å². The van der Waals surface area contributed by atoms with Gasteiger partial charge in [-0.3, -0.25) is 4.79 Å². The number of hydrogen-bond acceptors (Lipinski definition) is 3. The van der Waals surface area contributed by atoms with Crippen molar-refractivity contribution in [3.8, 4) is 0 Å². The van der Waals surface area contributed by atoms with Gasteiger partial charge in [-0.2, -0.15) is 0 Å². The summed E-state index contributed by atoms with van der Waals surface area (Å²) >= 11 is 0. The van der Waals surface area contributed by atoms with E-state index in [1.165, 1.54) is 25.7 Å². The third-order valence-corrected chi connectivity index (χ3v) is 3.84. The molecule has 1 fully saturated rings. The molecule has 2 N–H and O–H groups in total. The highest BCUT2D eigenvalue weighted by Gasteiger charge is 2.23. The van der Waals surface area contributed by atoms with Crippen molar-refractivity contribution in [3.63, 3.8) is 0 Å². The van der Waals surface area contributed by atoms with Crippen molar-refractivity contribution in [2.45, 2.75) is 45.6 Å². The van der Waals surface area contributed by atoms with Gasteiger partial charge in [-0.05, 0) is 24.7 Å². The summed E-state index contributed by atoms with van der Waals surface area (Å²) in [5.41, 5.74) is 0. The van der Waals surface area contributed by atoms with E-state index in [1.807, 2.05) is 0 Å². The molecule has 0 bridgehead atoms. The fourth-order valence-electron chi connectivity index (χ4n) is 2.61. The number of rotatable bonds is 7. The van der Waals surface area contributed by atoms with E-state index in [0.717, 1.165) is 11.8 Å². The van der Waals surface area contributed by atoms with Crippen molar-refractivity contribution in [1.29, 1.82) is 0 Å². The number of ether oxygens (including phenoxy) is 1. The van der Waals surface area contributed by atoms with Crippen molar-refractivity contribution < 1.29 is 9.53 Å². The molecule has 1 aliphatic carbocycles. The highest BCUT2D eigenvalue weighted by molar-refractivity contribution is 5.77. The number of carbonyl (C=O) groups is 1. The lowest BCUT2D eigenvalue weighted by atomic mass is 9.79. The SMILES string of the molecule is COCCNC(=O)CNC1CCCC(C(C)C)C1. The highest BCUT2D eigenvalue weighted by Crippen LogP contribution is 2.29. The first-order chi connectivity index (χ1) is 8.63. The van der Waals surface area contributed by atoms with E-state index in [0.29, 0.717) is 25.7 Å². The molecular weight excluding hydrogens is 228 g/mol. The Balaban J connectivity index is 2.16. The van der Waals surface area contributed by atoms with E-state index in [-0.39, 0.29) is 5.91 Å². The van der Waals surface area contributed by atoms with Crippen LogP contribution in [0.1, 0.15) is 39.5 Å². The number of methoxy groups -OCH3 is 1. The normalized spacial score (nSPS) is 24.2. The lowest BCUT2D eigenvalue weighted by Gasteiger charge is -2.32. The van der Waals surface area contributed by atoms with Crippen LogP contribution in [0.15, 0.2) is 0 Å². The minimum atomic E-state index is 0.0683. The number of hydrogen-bond donors (Lipinski definition) is 2. The second-order valence-corrected chi connectivity index (χ2v) is 5.59. The average molecular weight is 256 g/mol. The van der Waals surface area contributed by atoms with Gasteiger partial charge in [0.05, 0.1) is 13.2 Å². The lowest BCUT2D eigenvalue weighted by Crippen LogP contribution is -2.42. The van der Waals surface area contributed by atoms with E-state index in [1.54, 1.807) is 7.11 Å². The Kier molecular flexibility index (Phi) is 7.28. The van der Waals surface area contributed by atoms with E-state index >= 15 is 0 Å². The molecule has 18 heavy (non-hydrogen) atoms. The molecule has 2 unspecified atom stereocenters. The van der Waals surface area contributed by atoms with Crippen molar-refractivity contribution in [1.82, 2.24) is 10.6 Å². The monoisotopic (exact) mass is 256 g/mol. The summed E-state index contributed by atoms with van der Waals surface area (Å²) in [7, 11) is 1.64. The van der Waals surface area contributed by atoms with Crippen LogP contribution < -0.4 is 10.6 Å². The van der Waals surface area contributed by atoms with Crippen LogP contribution in [0.25, 0.3) is 0 Å². The number of carbonyl (C=O) groups excluding carboxylic acids is 1. The minimum absolute atomic E-state index is 0.0683. The number of amides is 1. The third kappa shape index (κ3) is 5.83. The summed E-state index contributed by atoms with van der Waals surface area (Å²) in [6.07, 6.45) is 5.04. The van der Waals surface area contributed by atoms with Crippen molar-refractivity contribution in [2.75, 3.05) is 26.8 Å². The first kappa shape index (κ1) is 15.4. The van der Waals surface area contributed by atoms with Crippen molar-refractivity contribution in [3.05, 3.63) is 0 Å². The molecule has 4 heteroatoms. The Morgan fingerprint density at radius 1 is 1.39 bits per heavy atom. The fourth-order valence-corrected chi connectivity index (χ4v) is 2.61. The zero-order valence-electron chi connectivity index (χ0n) is 12.0. The van der Waals surface area contributed by atoms with E-state index in [2.05, 4.69) is 24.5 Å². The standard InChI is InChI=1S/C14H28N2O2/c1-11(2)12-5-4-6-13(9-12)16-10-14(17)15-7-8-18-3/h11-13,16H,4-10H2,1-3H3,(H,15,17). The van der Waals surface area contributed by atoms with E-state index in [9.17, 15) is 4.79 Å². The molecule has 0 aliphatic heterocycles. The maximum Gasteiger partial charge on any atom is 0.234 e. The third-order valence-electron chi connectivity index (χ3n) is 3.84. The molecule has 1 saturated carbocycles. The van der Waals surface area contributed by atoms with Gasteiger partial charge < -0.3 is 15.4 Å². The van der Waals surface area contributed by atoms with Gasteiger partial charge in [0, 0.05) is 19.7 Å². The van der Waals surface area contributed by atoms with Crippen LogP contribution in [0.4, 0.5) is 0 Å². The smallest absolute Gasteiger partial charge is 0.234 e. The molecular formula is C14H28N2O2. The van der Waals surface area contributed by atoms with E-state index < -0.39 is 0 Å². The van der Waals surface area contributed by atoms with Crippen molar-refractivity contribution in [2.24, 2.45) is 11.8 Å². The molecule has 4 nitrogen and oxygen atoms in total. The molecule has 1 amide bonds. The molecule has 106 valence electrons. The molecule has 0 heterocycles. The Morgan fingerprint density at radius 2 is 2.17 bits per heavy atom. The number of nitrogens with one attached hydrogen (secondary N) is 2. The molecule has 0 saturated heterocycles. The minimum Gasteiger partial charge on any atom is -0.383 e. The van der Waals surface area contributed by atoms with Crippen LogP contribution in [-0.4, -0.2) is 38.8 Å². The van der Waals surface area contributed by atoms with Gasteiger partial charge in [0.25, 0.3) is 0 Å².